The molecule has 24 heavy (non-hydrogen) atoms. The van der Waals surface area contributed by atoms with Crippen LogP contribution in [-0.4, -0.2) is 43.3 Å². The summed E-state index contributed by atoms with van der Waals surface area (Å²) in [5, 5.41) is 12.4. The minimum atomic E-state index is 0.200. The number of benzene rings is 1. The highest BCUT2D eigenvalue weighted by atomic mass is 16.5. The predicted molar refractivity (Wildman–Crippen MR) is 90.5 cm³/mol. The lowest BCUT2D eigenvalue weighted by Gasteiger charge is -2.20. The van der Waals surface area contributed by atoms with Crippen LogP contribution < -0.4 is 19.7 Å². The van der Waals surface area contributed by atoms with E-state index in [1.54, 1.807) is 20.4 Å². The van der Waals surface area contributed by atoms with Crippen LogP contribution in [0.15, 0.2) is 30.6 Å². The van der Waals surface area contributed by atoms with Crippen molar-refractivity contribution in [2.75, 3.05) is 37.5 Å². The summed E-state index contributed by atoms with van der Waals surface area (Å²) in [5.41, 5.74) is 1.37. The first-order valence-corrected chi connectivity index (χ1v) is 7.69. The number of ether oxygens (including phenoxy) is 2. The number of hydrogen-bond donors (Lipinski definition) is 1. The molecule has 1 aliphatic rings. The van der Waals surface area contributed by atoms with Crippen LogP contribution in [0.1, 0.15) is 12.1 Å². The second-order valence-electron chi connectivity index (χ2n) is 5.51. The van der Waals surface area contributed by atoms with Crippen LogP contribution in [0.5, 0.6) is 11.5 Å². The molecule has 1 N–H and O–H groups in total. The van der Waals surface area contributed by atoms with Gasteiger partial charge in [-0.3, -0.25) is 0 Å². The van der Waals surface area contributed by atoms with Gasteiger partial charge in [-0.2, -0.15) is 5.26 Å². The second-order valence-corrected chi connectivity index (χ2v) is 5.51. The number of rotatable bonds is 5. The molecule has 1 aromatic heterocycles. The van der Waals surface area contributed by atoms with Gasteiger partial charge >= 0.3 is 0 Å². The maximum Gasteiger partial charge on any atom is 0.182 e. The predicted octanol–water partition coefficient (Wildman–Crippen LogP) is 2.06. The smallest absolute Gasteiger partial charge is 0.182 e. The summed E-state index contributed by atoms with van der Waals surface area (Å²) in [6.07, 6.45) is 4.05. The lowest BCUT2D eigenvalue weighted by atomic mass is 10.2. The number of nitriles is 1. The van der Waals surface area contributed by atoms with E-state index in [4.69, 9.17) is 14.7 Å². The molecule has 3 rings (SSSR count). The van der Waals surface area contributed by atoms with Crippen LogP contribution in [0.4, 0.5) is 11.5 Å². The van der Waals surface area contributed by atoms with Crippen LogP contribution in [0.25, 0.3) is 0 Å². The summed E-state index contributed by atoms with van der Waals surface area (Å²) >= 11 is 0. The zero-order valence-corrected chi connectivity index (χ0v) is 13.7. The quantitative estimate of drug-likeness (QED) is 0.900. The minimum Gasteiger partial charge on any atom is -0.497 e. The number of anilines is 2. The first-order valence-electron chi connectivity index (χ1n) is 7.69. The second kappa shape index (κ2) is 7.04. The van der Waals surface area contributed by atoms with Gasteiger partial charge in [-0.05, 0) is 6.42 Å². The average molecular weight is 325 g/mol. The number of aromatic nitrogens is 2. The van der Waals surface area contributed by atoms with Crippen molar-refractivity contribution in [3.8, 4) is 17.6 Å². The SMILES string of the molecule is COc1cc(OC)cc(N2CC[C@@H](Nc3nccnc3C#N)C2)c1. The van der Waals surface area contributed by atoms with Gasteiger partial charge in [0, 0.05) is 55.4 Å². The van der Waals surface area contributed by atoms with E-state index >= 15 is 0 Å². The van der Waals surface area contributed by atoms with E-state index in [0.29, 0.717) is 11.5 Å². The molecule has 0 saturated carbocycles. The van der Waals surface area contributed by atoms with Crippen molar-refractivity contribution in [3.05, 3.63) is 36.3 Å². The Labute approximate surface area is 140 Å². The van der Waals surface area contributed by atoms with Gasteiger partial charge in [0.05, 0.1) is 14.2 Å². The Balaban J connectivity index is 1.73. The number of hydrogen-bond acceptors (Lipinski definition) is 7. The molecule has 0 aliphatic carbocycles. The molecule has 124 valence electrons. The van der Waals surface area contributed by atoms with Gasteiger partial charge in [0.25, 0.3) is 0 Å². The third-order valence-electron chi connectivity index (χ3n) is 4.03. The molecular weight excluding hydrogens is 306 g/mol. The van der Waals surface area contributed by atoms with E-state index in [2.05, 4.69) is 26.3 Å². The van der Waals surface area contributed by atoms with Crippen LogP contribution in [0.2, 0.25) is 0 Å². The van der Waals surface area contributed by atoms with Crippen molar-refractivity contribution in [2.45, 2.75) is 12.5 Å². The third-order valence-corrected chi connectivity index (χ3v) is 4.03. The van der Waals surface area contributed by atoms with E-state index in [1.165, 1.54) is 6.20 Å². The largest absolute Gasteiger partial charge is 0.497 e. The molecular formula is C17H19N5O2. The Bertz CT molecular complexity index is 737. The molecule has 1 fully saturated rings. The molecule has 2 heterocycles. The molecule has 0 spiro atoms. The zero-order chi connectivity index (χ0) is 16.9. The highest BCUT2D eigenvalue weighted by molar-refractivity contribution is 5.57. The summed E-state index contributed by atoms with van der Waals surface area (Å²) < 4.78 is 10.7. The molecule has 7 nitrogen and oxygen atoms in total. The summed E-state index contributed by atoms with van der Waals surface area (Å²) in [4.78, 5) is 10.5. The van der Waals surface area contributed by atoms with E-state index in [1.807, 2.05) is 18.2 Å². The van der Waals surface area contributed by atoms with E-state index in [-0.39, 0.29) is 6.04 Å². The summed E-state index contributed by atoms with van der Waals surface area (Å²) in [6.45, 7) is 1.70. The van der Waals surface area contributed by atoms with Gasteiger partial charge < -0.3 is 19.7 Å². The minimum absolute atomic E-state index is 0.200. The van der Waals surface area contributed by atoms with Crippen molar-refractivity contribution in [2.24, 2.45) is 0 Å². The van der Waals surface area contributed by atoms with Gasteiger partial charge in [0.1, 0.15) is 17.6 Å². The summed E-state index contributed by atoms with van der Waals surface area (Å²) in [5.74, 6) is 2.07. The molecule has 0 radical (unpaired) electrons. The molecule has 0 unspecified atom stereocenters. The van der Waals surface area contributed by atoms with Crippen molar-refractivity contribution in [1.82, 2.24) is 9.97 Å². The Morgan fingerprint density at radius 3 is 2.54 bits per heavy atom. The van der Waals surface area contributed by atoms with Gasteiger partial charge in [0.15, 0.2) is 11.5 Å². The van der Waals surface area contributed by atoms with Crippen molar-refractivity contribution in [3.63, 3.8) is 0 Å². The van der Waals surface area contributed by atoms with Gasteiger partial charge in [-0.15, -0.1) is 0 Å². The van der Waals surface area contributed by atoms with Crippen molar-refractivity contribution >= 4 is 11.5 Å². The fourth-order valence-electron chi connectivity index (χ4n) is 2.81. The zero-order valence-electron chi connectivity index (χ0n) is 13.7. The maximum absolute atomic E-state index is 9.11. The average Bonchev–Trinajstić information content (AvgIpc) is 3.10. The highest BCUT2D eigenvalue weighted by Gasteiger charge is 2.24. The van der Waals surface area contributed by atoms with Crippen LogP contribution in [0.3, 0.4) is 0 Å². The Hall–Kier alpha value is -3.01. The van der Waals surface area contributed by atoms with E-state index in [0.717, 1.165) is 36.7 Å². The normalized spacial score (nSPS) is 16.5. The number of methoxy groups -OCH3 is 2. The topological polar surface area (TPSA) is 83.3 Å². The lowest BCUT2D eigenvalue weighted by molar-refractivity contribution is 0.394. The maximum atomic E-state index is 9.11. The van der Waals surface area contributed by atoms with Gasteiger partial charge in [-0.25, -0.2) is 9.97 Å². The van der Waals surface area contributed by atoms with E-state index < -0.39 is 0 Å². The molecule has 1 aliphatic heterocycles. The van der Waals surface area contributed by atoms with Crippen molar-refractivity contribution in [1.29, 1.82) is 5.26 Å². The summed E-state index contributed by atoms with van der Waals surface area (Å²) in [6, 6.07) is 8.10. The molecule has 1 aromatic carbocycles. The van der Waals surface area contributed by atoms with Gasteiger partial charge in [-0.1, -0.05) is 0 Å². The number of nitrogens with one attached hydrogen (secondary N) is 1. The first kappa shape index (κ1) is 15.9. The fraction of sp³-hybridized carbons (Fsp3) is 0.353. The third kappa shape index (κ3) is 3.33. The van der Waals surface area contributed by atoms with Crippen LogP contribution in [0, 0.1) is 11.3 Å². The van der Waals surface area contributed by atoms with Crippen molar-refractivity contribution < 1.29 is 9.47 Å². The summed E-state index contributed by atoms with van der Waals surface area (Å²) in [7, 11) is 3.29. The van der Waals surface area contributed by atoms with E-state index in [9.17, 15) is 0 Å². The standard InChI is InChI=1S/C17H19N5O2/c1-23-14-7-13(8-15(9-14)24-2)22-6-3-12(11-22)21-17-16(10-18)19-4-5-20-17/h4-5,7-9,12H,3,6,11H2,1-2H3,(H,20,21)/t12-/m1/s1. The molecule has 1 saturated heterocycles. The molecule has 7 heteroatoms. The van der Waals surface area contributed by atoms with Crippen LogP contribution in [-0.2, 0) is 0 Å². The monoisotopic (exact) mass is 325 g/mol. The Kier molecular flexibility index (Phi) is 4.66. The highest BCUT2D eigenvalue weighted by Crippen LogP contribution is 2.31. The first-order chi connectivity index (χ1) is 11.7. The van der Waals surface area contributed by atoms with Gasteiger partial charge in [0.2, 0.25) is 0 Å². The molecule has 1 atom stereocenters. The molecule has 0 amide bonds. The Morgan fingerprint density at radius 1 is 1.17 bits per heavy atom. The lowest BCUT2D eigenvalue weighted by Crippen LogP contribution is -2.26. The number of nitrogens with zero attached hydrogens (tertiary/aromatic N) is 4. The van der Waals surface area contributed by atoms with Crippen LogP contribution >= 0.6 is 0 Å². The molecule has 0 bridgehead atoms. The fourth-order valence-corrected chi connectivity index (χ4v) is 2.81. The molecule has 2 aromatic rings. The Morgan fingerprint density at radius 2 is 1.88 bits per heavy atom.